The maximum absolute atomic E-state index is 9.65. The lowest BCUT2D eigenvalue weighted by Crippen LogP contribution is -2.33. The first-order valence-electron chi connectivity index (χ1n) is 6.43. The number of rotatable bonds is 5. The fraction of sp³-hybridized carbons (Fsp3) is 0.571. The summed E-state index contributed by atoms with van der Waals surface area (Å²) in [5.74, 6) is 3.03. The number of unbranched alkanes of at least 4 members (excludes halogenated alkanes) is 1. The Bertz CT molecular complexity index is 337. The number of phenols is 1. The predicted molar refractivity (Wildman–Crippen MR) is 74.8 cm³/mol. The Hall–Kier alpha value is -0.670. The third-order valence-corrected chi connectivity index (χ3v) is 4.21. The third kappa shape index (κ3) is 4.25. The molecule has 0 saturated carbocycles. The maximum atomic E-state index is 9.65. The lowest BCUT2D eigenvalue weighted by molar-refractivity contribution is 0.295. The molecule has 1 aliphatic heterocycles. The summed E-state index contributed by atoms with van der Waals surface area (Å²) in [6.07, 6.45) is 3.40. The van der Waals surface area contributed by atoms with Crippen molar-refractivity contribution in [3.8, 4) is 5.75 Å². The van der Waals surface area contributed by atoms with Crippen LogP contribution in [0.4, 0.5) is 0 Å². The highest BCUT2D eigenvalue weighted by Crippen LogP contribution is 2.18. The summed E-state index contributed by atoms with van der Waals surface area (Å²) >= 11 is 2.06. The molecule has 1 aromatic rings. The molecule has 2 rings (SSSR count). The summed E-state index contributed by atoms with van der Waals surface area (Å²) in [5.41, 5.74) is 1.08. The highest BCUT2D eigenvalue weighted by molar-refractivity contribution is 7.99. The second kappa shape index (κ2) is 6.92. The maximum Gasteiger partial charge on any atom is 0.118 e. The van der Waals surface area contributed by atoms with Gasteiger partial charge in [-0.05, 0) is 37.4 Å². The number of para-hydroxylation sites is 1. The van der Waals surface area contributed by atoms with Crippen LogP contribution in [-0.2, 0) is 6.42 Å². The van der Waals surface area contributed by atoms with Gasteiger partial charge in [-0.1, -0.05) is 18.2 Å². The van der Waals surface area contributed by atoms with Gasteiger partial charge in [0.2, 0.25) is 0 Å². The molecule has 1 fully saturated rings. The Labute approximate surface area is 108 Å². The first kappa shape index (κ1) is 12.8. The molecule has 0 unspecified atom stereocenters. The Morgan fingerprint density at radius 3 is 2.65 bits per heavy atom. The summed E-state index contributed by atoms with van der Waals surface area (Å²) in [4.78, 5) is 2.56. The number of thioether (sulfide) groups is 1. The van der Waals surface area contributed by atoms with Crippen molar-refractivity contribution in [3.05, 3.63) is 29.8 Å². The molecule has 1 saturated heterocycles. The molecule has 0 aromatic heterocycles. The van der Waals surface area contributed by atoms with Crippen LogP contribution in [0.2, 0.25) is 0 Å². The Morgan fingerprint density at radius 2 is 1.88 bits per heavy atom. The molecule has 0 amide bonds. The Balaban J connectivity index is 1.64. The van der Waals surface area contributed by atoms with E-state index in [1.807, 2.05) is 18.2 Å². The molecular weight excluding hydrogens is 230 g/mol. The van der Waals surface area contributed by atoms with E-state index in [0.717, 1.165) is 12.0 Å². The largest absolute Gasteiger partial charge is 0.508 e. The quantitative estimate of drug-likeness (QED) is 0.814. The smallest absolute Gasteiger partial charge is 0.118 e. The number of benzene rings is 1. The Morgan fingerprint density at radius 1 is 1.12 bits per heavy atom. The van der Waals surface area contributed by atoms with E-state index in [4.69, 9.17) is 0 Å². The molecule has 1 aliphatic rings. The minimum absolute atomic E-state index is 0.446. The van der Waals surface area contributed by atoms with Crippen molar-refractivity contribution in [1.82, 2.24) is 4.90 Å². The zero-order valence-corrected chi connectivity index (χ0v) is 11.1. The molecule has 0 radical (unpaired) electrons. The summed E-state index contributed by atoms with van der Waals surface area (Å²) in [6.45, 7) is 3.72. The van der Waals surface area contributed by atoms with Crippen molar-refractivity contribution in [2.75, 3.05) is 31.1 Å². The highest BCUT2D eigenvalue weighted by Gasteiger charge is 2.09. The molecule has 0 atom stereocenters. The van der Waals surface area contributed by atoms with Crippen LogP contribution in [-0.4, -0.2) is 41.1 Å². The summed E-state index contributed by atoms with van der Waals surface area (Å²) < 4.78 is 0. The van der Waals surface area contributed by atoms with Crippen molar-refractivity contribution < 1.29 is 5.11 Å². The molecule has 1 aromatic carbocycles. The normalized spacial score (nSPS) is 17.2. The molecule has 2 nitrogen and oxygen atoms in total. The SMILES string of the molecule is Oc1ccccc1CCCCN1CCSCC1. The zero-order chi connectivity index (χ0) is 11.9. The Kier molecular flexibility index (Phi) is 5.20. The number of hydrogen-bond donors (Lipinski definition) is 1. The van der Waals surface area contributed by atoms with Crippen LogP contribution in [0.25, 0.3) is 0 Å². The number of aryl methyl sites for hydroxylation is 1. The van der Waals surface area contributed by atoms with Crippen LogP contribution < -0.4 is 0 Å². The number of nitrogens with zero attached hydrogens (tertiary/aromatic N) is 1. The molecule has 17 heavy (non-hydrogen) atoms. The van der Waals surface area contributed by atoms with Crippen molar-refractivity contribution >= 4 is 11.8 Å². The second-order valence-electron chi connectivity index (χ2n) is 4.54. The van der Waals surface area contributed by atoms with E-state index in [-0.39, 0.29) is 0 Å². The second-order valence-corrected chi connectivity index (χ2v) is 5.76. The number of aromatic hydroxyl groups is 1. The van der Waals surface area contributed by atoms with Crippen LogP contribution in [0.3, 0.4) is 0 Å². The molecule has 1 N–H and O–H groups in total. The fourth-order valence-corrected chi connectivity index (χ4v) is 3.18. The average molecular weight is 251 g/mol. The monoisotopic (exact) mass is 251 g/mol. The van der Waals surface area contributed by atoms with Gasteiger partial charge >= 0.3 is 0 Å². The lowest BCUT2D eigenvalue weighted by Gasteiger charge is -2.25. The number of phenolic OH excluding ortho intramolecular Hbond substituents is 1. The van der Waals surface area contributed by atoms with Gasteiger partial charge in [-0.3, -0.25) is 0 Å². The van der Waals surface area contributed by atoms with Gasteiger partial charge in [0.25, 0.3) is 0 Å². The van der Waals surface area contributed by atoms with Crippen LogP contribution in [0.15, 0.2) is 24.3 Å². The summed E-state index contributed by atoms with van der Waals surface area (Å²) in [7, 11) is 0. The molecule has 0 bridgehead atoms. The molecule has 0 aliphatic carbocycles. The minimum atomic E-state index is 0.446. The van der Waals surface area contributed by atoms with Crippen molar-refractivity contribution in [2.24, 2.45) is 0 Å². The average Bonchev–Trinajstić information content (AvgIpc) is 2.38. The molecule has 94 valence electrons. The third-order valence-electron chi connectivity index (χ3n) is 3.27. The van der Waals surface area contributed by atoms with Crippen molar-refractivity contribution in [1.29, 1.82) is 0 Å². The van der Waals surface area contributed by atoms with Gasteiger partial charge in [0, 0.05) is 24.6 Å². The first-order valence-corrected chi connectivity index (χ1v) is 7.59. The van der Waals surface area contributed by atoms with E-state index in [1.165, 1.54) is 44.0 Å². The predicted octanol–water partition coefficient (Wildman–Crippen LogP) is 2.76. The van der Waals surface area contributed by atoms with E-state index in [1.54, 1.807) is 6.07 Å². The van der Waals surface area contributed by atoms with E-state index in [9.17, 15) is 5.11 Å². The topological polar surface area (TPSA) is 23.5 Å². The molecule has 3 heteroatoms. The van der Waals surface area contributed by atoms with Gasteiger partial charge in [0.15, 0.2) is 0 Å². The zero-order valence-electron chi connectivity index (χ0n) is 10.3. The van der Waals surface area contributed by atoms with E-state index in [0.29, 0.717) is 5.75 Å². The minimum Gasteiger partial charge on any atom is -0.508 e. The molecular formula is C14H21NOS. The van der Waals surface area contributed by atoms with Crippen LogP contribution >= 0.6 is 11.8 Å². The van der Waals surface area contributed by atoms with E-state index < -0.39 is 0 Å². The highest BCUT2D eigenvalue weighted by atomic mass is 32.2. The summed E-state index contributed by atoms with van der Waals surface area (Å²) in [5, 5.41) is 9.65. The molecule has 0 spiro atoms. The lowest BCUT2D eigenvalue weighted by atomic mass is 10.1. The van der Waals surface area contributed by atoms with Gasteiger partial charge < -0.3 is 10.0 Å². The van der Waals surface area contributed by atoms with Crippen molar-refractivity contribution in [3.63, 3.8) is 0 Å². The summed E-state index contributed by atoms with van der Waals surface area (Å²) in [6, 6.07) is 7.67. The van der Waals surface area contributed by atoms with Crippen LogP contribution in [0.5, 0.6) is 5.75 Å². The van der Waals surface area contributed by atoms with Gasteiger partial charge in [-0.2, -0.15) is 11.8 Å². The fourth-order valence-electron chi connectivity index (χ4n) is 2.20. The van der Waals surface area contributed by atoms with Gasteiger partial charge in [0.1, 0.15) is 5.75 Å². The van der Waals surface area contributed by atoms with E-state index in [2.05, 4.69) is 16.7 Å². The van der Waals surface area contributed by atoms with E-state index >= 15 is 0 Å². The van der Waals surface area contributed by atoms with Crippen LogP contribution in [0.1, 0.15) is 18.4 Å². The van der Waals surface area contributed by atoms with Crippen LogP contribution in [0, 0.1) is 0 Å². The van der Waals surface area contributed by atoms with Gasteiger partial charge in [-0.25, -0.2) is 0 Å². The van der Waals surface area contributed by atoms with Gasteiger partial charge in [-0.15, -0.1) is 0 Å². The van der Waals surface area contributed by atoms with Crippen molar-refractivity contribution in [2.45, 2.75) is 19.3 Å². The molecule has 1 heterocycles. The first-order chi connectivity index (χ1) is 8.36. The van der Waals surface area contributed by atoms with Gasteiger partial charge in [0.05, 0.1) is 0 Å². The number of hydrogen-bond acceptors (Lipinski definition) is 3. The standard InChI is InChI=1S/C14H21NOS/c16-14-7-2-1-5-13(14)6-3-4-8-15-9-11-17-12-10-15/h1-2,5,7,16H,3-4,6,8-12H2.